The standard InChI is InChI=1S/C24H37N5O2/c1-17(2)22(30)27-20-11-9-18(10-12-20)15-26-24(25-3)28-21-13-14-29(16-21)23(31)19-7-5-4-6-8-19/h9-12,17,19,21H,4-8,13-16H2,1-3H3,(H,27,30)(H2,25,26,28). The van der Waals surface area contributed by atoms with Crippen LogP contribution in [0.25, 0.3) is 0 Å². The molecule has 1 aromatic rings. The van der Waals surface area contributed by atoms with E-state index in [4.69, 9.17) is 0 Å². The molecule has 7 nitrogen and oxygen atoms in total. The van der Waals surface area contributed by atoms with Gasteiger partial charge in [0, 0.05) is 50.2 Å². The predicted octanol–water partition coefficient (Wildman–Crippen LogP) is 3.13. The normalized spacial score (nSPS) is 20.1. The van der Waals surface area contributed by atoms with Crippen LogP contribution in [0.15, 0.2) is 29.3 Å². The lowest BCUT2D eigenvalue weighted by Gasteiger charge is -2.26. The van der Waals surface area contributed by atoms with Gasteiger partial charge in [0.2, 0.25) is 11.8 Å². The molecule has 0 radical (unpaired) electrons. The first-order chi connectivity index (χ1) is 15.0. The first-order valence-electron chi connectivity index (χ1n) is 11.6. The molecule has 2 fully saturated rings. The summed E-state index contributed by atoms with van der Waals surface area (Å²) >= 11 is 0. The number of hydrogen-bond acceptors (Lipinski definition) is 3. The highest BCUT2D eigenvalue weighted by atomic mass is 16.2. The van der Waals surface area contributed by atoms with E-state index in [9.17, 15) is 9.59 Å². The van der Waals surface area contributed by atoms with Gasteiger partial charge >= 0.3 is 0 Å². The number of anilines is 1. The molecule has 1 aliphatic carbocycles. The third-order valence-electron chi connectivity index (χ3n) is 6.22. The van der Waals surface area contributed by atoms with Crippen LogP contribution in [0.5, 0.6) is 0 Å². The molecule has 1 atom stereocenters. The Bertz CT molecular complexity index is 769. The number of likely N-dealkylation sites (tertiary alicyclic amines) is 1. The quantitative estimate of drug-likeness (QED) is 0.481. The molecule has 0 spiro atoms. The number of carbonyl (C=O) groups excluding carboxylic acids is 2. The molecule has 3 N–H and O–H groups in total. The molecule has 0 bridgehead atoms. The van der Waals surface area contributed by atoms with Crippen molar-refractivity contribution < 1.29 is 9.59 Å². The third-order valence-corrected chi connectivity index (χ3v) is 6.22. The number of nitrogens with zero attached hydrogens (tertiary/aromatic N) is 2. The van der Waals surface area contributed by atoms with Crippen LogP contribution < -0.4 is 16.0 Å². The molecule has 1 heterocycles. The van der Waals surface area contributed by atoms with E-state index in [1.165, 1.54) is 19.3 Å². The van der Waals surface area contributed by atoms with Gasteiger partial charge in [-0.15, -0.1) is 0 Å². The molecular formula is C24H37N5O2. The number of aliphatic imine (C=N–C) groups is 1. The predicted molar refractivity (Wildman–Crippen MR) is 125 cm³/mol. The van der Waals surface area contributed by atoms with Crippen LogP contribution in [0.3, 0.4) is 0 Å². The lowest BCUT2D eigenvalue weighted by atomic mass is 9.88. The zero-order valence-electron chi connectivity index (χ0n) is 19.1. The van der Waals surface area contributed by atoms with Gasteiger partial charge < -0.3 is 20.9 Å². The molecule has 1 saturated carbocycles. The SMILES string of the molecule is CN=C(NCc1ccc(NC(=O)C(C)C)cc1)NC1CCN(C(=O)C2CCCCC2)C1. The Morgan fingerprint density at radius 2 is 1.81 bits per heavy atom. The highest BCUT2D eigenvalue weighted by Crippen LogP contribution is 2.26. The maximum absolute atomic E-state index is 12.8. The van der Waals surface area contributed by atoms with Crippen LogP contribution in [-0.2, 0) is 16.1 Å². The van der Waals surface area contributed by atoms with E-state index >= 15 is 0 Å². The summed E-state index contributed by atoms with van der Waals surface area (Å²) in [5, 5.41) is 9.71. The maximum atomic E-state index is 12.8. The highest BCUT2D eigenvalue weighted by Gasteiger charge is 2.31. The second kappa shape index (κ2) is 11.2. The number of amides is 2. The van der Waals surface area contributed by atoms with Crippen molar-refractivity contribution in [3.05, 3.63) is 29.8 Å². The fourth-order valence-corrected chi connectivity index (χ4v) is 4.25. The molecule has 170 valence electrons. The number of carbonyl (C=O) groups is 2. The highest BCUT2D eigenvalue weighted by molar-refractivity contribution is 5.92. The van der Waals surface area contributed by atoms with Crippen molar-refractivity contribution >= 4 is 23.5 Å². The minimum atomic E-state index is -0.0415. The molecule has 1 aromatic carbocycles. The minimum absolute atomic E-state index is 0.0167. The van der Waals surface area contributed by atoms with E-state index in [1.54, 1.807) is 7.05 Å². The summed E-state index contributed by atoms with van der Waals surface area (Å²) in [5.74, 6) is 1.30. The summed E-state index contributed by atoms with van der Waals surface area (Å²) in [5.41, 5.74) is 1.91. The van der Waals surface area contributed by atoms with Gasteiger partial charge in [-0.3, -0.25) is 14.6 Å². The Kier molecular flexibility index (Phi) is 8.32. The molecule has 1 aliphatic heterocycles. The van der Waals surface area contributed by atoms with Gasteiger partial charge in [0.1, 0.15) is 0 Å². The monoisotopic (exact) mass is 427 g/mol. The van der Waals surface area contributed by atoms with E-state index in [2.05, 4.69) is 20.9 Å². The molecule has 1 saturated heterocycles. The van der Waals surface area contributed by atoms with Gasteiger partial charge in [-0.2, -0.15) is 0 Å². The largest absolute Gasteiger partial charge is 0.352 e. The molecule has 3 rings (SSSR count). The fourth-order valence-electron chi connectivity index (χ4n) is 4.25. The number of guanidine groups is 1. The van der Waals surface area contributed by atoms with Crippen molar-refractivity contribution in [2.45, 2.75) is 65.0 Å². The van der Waals surface area contributed by atoms with E-state index in [0.29, 0.717) is 12.5 Å². The van der Waals surface area contributed by atoms with Crippen LogP contribution in [0.4, 0.5) is 5.69 Å². The first-order valence-corrected chi connectivity index (χ1v) is 11.6. The van der Waals surface area contributed by atoms with Crippen molar-refractivity contribution in [3.8, 4) is 0 Å². The van der Waals surface area contributed by atoms with Crippen LogP contribution in [-0.4, -0.2) is 48.9 Å². The summed E-state index contributed by atoms with van der Waals surface area (Å²) in [7, 11) is 1.76. The Morgan fingerprint density at radius 3 is 2.45 bits per heavy atom. The fraction of sp³-hybridized carbons (Fsp3) is 0.625. The Hall–Kier alpha value is -2.57. The molecule has 2 amide bonds. The van der Waals surface area contributed by atoms with E-state index < -0.39 is 0 Å². The van der Waals surface area contributed by atoms with Crippen LogP contribution in [0.1, 0.15) is 57.9 Å². The summed E-state index contributed by atoms with van der Waals surface area (Å²) in [6, 6.07) is 8.05. The summed E-state index contributed by atoms with van der Waals surface area (Å²) < 4.78 is 0. The van der Waals surface area contributed by atoms with Gasteiger partial charge in [0.15, 0.2) is 5.96 Å². The van der Waals surface area contributed by atoms with Crippen LogP contribution in [0, 0.1) is 11.8 Å². The zero-order chi connectivity index (χ0) is 22.2. The molecule has 7 heteroatoms. The van der Waals surface area contributed by atoms with Crippen LogP contribution >= 0.6 is 0 Å². The average molecular weight is 428 g/mol. The smallest absolute Gasteiger partial charge is 0.226 e. The van der Waals surface area contributed by atoms with E-state index in [0.717, 1.165) is 49.6 Å². The zero-order valence-corrected chi connectivity index (χ0v) is 19.1. The van der Waals surface area contributed by atoms with Crippen molar-refractivity contribution in [1.82, 2.24) is 15.5 Å². The summed E-state index contributed by atoms with van der Waals surface area (Å²) in [4.78, 5) is 30.9. The molecule has 1 unspecified atom stereocenters. The molecule has 2 aliphatic rings. The third kappa shape index (κ3) is 6.71. The van der Waals surface area contributed by atoms with Crippen molar-refractivity contribution in [2.75, 3.05) is 25.5 Å². The maximum Gasteiger partial charge on any atom is 0.226 e. The number of hydrogen-bond donors (Lipinski definition) is 3. The second-order valence-corrected chi connectivity index (χ2v) is 9.02. The van der Waals surface area contributed by atoms with Gasteiger partial charge in [-0.1, -0.05) is 45.2 Å². The van der Waals surface area contributed by atoms with Crippen molar-refractivity contribution in [1.29, 1.82) is 0 Å². The first kappa shape index (κ1) is 23.1. The Labute approximate surface area is 186 Å². The van der Waals surface area contributed by atoms with E-state index in [-0.39, 0.29) is 23.8 Å². The topological polar surface area (TPSA) is 85.8 Å². The van der Waals surface area contributed by atoms with Gasteiger partial charge in [0.05, 0.1) is 0 Å². The lowest BCUT2D eigenvalue weighted by molar-refractivity contribution is -0.135. The van der Waals surface area contributed by atoms with Gasteiger partial charge in [-0.05, 0) is 37.0 Å². The number of rotatable bonds is 6. The van der Waals surface area contributed by atoms with Gasteiger partial charge in [-0.25, -0.2) is 0 Å². The lowest BCUT2D eigenvalue weighted by Crippen LogP contribution is -2.45. The molecular weight excluding hydrogens is 390 g/mol. The minimum Gasteiger partial charge on any atom is -0.352 e. The summed E-state index contributed by atoms with van der Waals surface area (Å²) in [6.45, 7) is 5.97. The molecule has 31 heavy (non-hydrogen) atoms. The number of nitrogens with one attached hydrogen (secondary N) is 3. The Balaban J connectivity index is 1.43. The Morgan fingerprint density at radius 1 is 1.10 bits per heavy atom. The molecule has 0 aromatic heterocycles. The average Bonchev–Trinajstić information content (AvgIpc) is 3.26. The van der Waals surface area contributed by atoms with Crippen LogP contribution in [0.2, 0.25) is 0 Å². The second-order valence-electron chi connectivity index (χ2n) is 9.02. The number of benzene rings is 1. The van der Waals surface area contributed by atoms with E-state index in [1.807, 2.05) is 43.0 Å². The van der Waals surface area contributed by atoms with Crippen molar-refractivity contribution in [3.63, 3.8) is 0 Å². The summed E-state index contributed by atoms with van der Waals surface area (Å²) in [6.07, 6.45) is 6.70. The van der Waals surface area contributed by atoms with Crippen molar-refractivity contribution in [2.24, 2.45) is 16.8 Å². The van der Waals surface area contributed by atoms with Gasteiger partial charge in [0.25, 0.3) is 0 Å².